The van der Waals surface area contributed by atoms with E-state index in [4.69, 9.17) is 11.6 Å². The molecule has 2 heterocycles. The van der Waals surface area contributed by atoms with Crippen molar-refractivity contribution in [2.45, 2.75) is 24.9 Å². The standard InChI is InChI=1S/C15H12ClF3N4O4/c16-9-3-4-11(23(25)26)10(6-9)13(24)22-5-1-2-8(7-22)12-20-21-14(27-12)15(17,18)19/h3-4,6,8H,1-2,5,7H2. The number of hydrogen-bond acceptors (Lipinski definition) is 6. The van der Waals surface area contributed by atoms with Crippen LogP contribution in [-0.4, -0.2) is 39.0 Å². The number of nitro benzene ring substituents is 1. The second-order valence-electron chi connectivity index (χ2n) is 5.95. The second kappa shape index (κ2) is 7.14. The fourth-order valence-electron chi connectivity index (χ4n) is 2.89. The number of aromatic nitrogens is 2. The summed E-state index contributed by atoms with van der Waals surface area (Å²) in [6.45, 7) is 0.293. The van der Waals surface area contributed by atoms with Gasteiger partial charge in [-0.3, -0.25) is 14.9 Å². The van der Waals surface area contributed by atoms with Gasteiger partial charge in [0.2, 0.25) is 5.89 Å². The van der Waals surface area contributed by atoms with Crippen LogP contribution in [0.2, 0.25) is 5.02 Å². The van der Waals surface area contributed by atoms with Crippen molar-refractivity contribution in [2.24, 2.45) is 0 Å². The predicted octanol–water partition coefficient (Wildman–Crippen LogP) is 3.67. The highest BCUT2D eigenvalue weighted by molar-refractivity contribution is 6.31. The maximum Gasteiger partial charge on any atom is 0.470 e. The van der Waals surface area contributed by atoms with Crippen LogP contribution in [0.3, 0.4) is 0 Å². The molecule has 3 rings (SSSR count). The Labute approximate surface area is 155 Å². The minimum absolute atomic E-state index is 0.00198. The van der Waals surface area contributed by atoms with Gasteiger partial charge in [-0.25, -0.2) is 0 Å². The van der Waals surface area contributed by atoms with Gasteiger partial charge in [-0.1, -0.05) is 11.6 Å². The van der Waals surface area contributed by atoms with Crippen molar-refractivity contribution >= 4 is 23.2 Å². The third-order valence-corrected chi connectivity index (χ3v) is 4.36. The molecule has 0 saturated carbocycles. The van der Waals surface area contributed by atoms with Gasteiger partial charge >= 0.3 is 12.1 Å². The molecule has 1 aliphatic heterocycles. The molecule has 8 nitrogen and oxygen atoms in total. The van der Waals surface area contributed by atoms with Gasteiger partial charge in [0, 0.05) is 24.2 Å². The zero-order valence-electron chi connectivity index (χ0n) is 13.6. The largest absolute Gasteiger partial charge is 0.470 e. The van der Waals surface area contributed by atoms with Crippen LogP contribution in [0.5, 0.6) is 0 Å². The predicted molar refractivity (Wildman–Crippen MR) is 85.3 cm³/mol. The van der Waals surface area contributed by atoms with Crippen LogP contribution >= 0.6 is 11.6 Å². The number of rotatable bonds is 3. The van der Waals surface area contributed by atoms with Crippen molar-refractivity contribution in [2.75, 3.05) is 13.1 Å². The molecule has 1 unspecified atom stereocenters. The van der Waals surface area contributed by atoms with E-state index in [1.54, 1.807) is 0 Å². The van der Waals surface area contributed by atoms with Gasteiger partial charge in [0.05, 0.1) is 10.8 Å². The number of halogens is 4. The Morgan fingerprint density at radius 1 is 1.37 bits per heavy atom. The van der Waals surface area contributed by atoms with Gasteiger partial charge in [-0.05, 0) is 25.0 Å². The summed E-state index contributed by atoms with van der Waals surface area (Å²) < 4.78 is 42.5. The fourth-order valence-corrected chi connectivity index (χ4v) is 3.06. The van der Waals surface area contributed by atoms with Gasteiger partial charge < -0.3 is 9.32 Å². The van der Waals surface area contributed by atoms with Crippen LogP contribution in [0, 0.1) is 10.1 Å². The van der Waals surface area contributed by atoms with E-state index in [-0.39, 0.29) is 23.0 Å². The lowest BCUT2D eigenvalue weighted by atomic mass is 9.97. The van der Waals surface area contributed by atoms with Crippen LogP contribution in [0.25, 0.3) is 0 Å². The first-order chi connectivity index (χ1) is 12.7. The summed E-state index contributed by atoms with van der Waals surface area (Å²) in [4.78, 5) is 24.5. The van der Waals surface area contributed by atoms with E-state index >= 15 is 0 Å². The van der Waals surface area contributed by atoms with Crippen LogP contribution in [0.1, 0.15) is 40.9 Å². The molecule has 1 saturated heterocycles. The number of nitro groups is 1. The van der Waals surface area contributed by atoms with Crippen LogP contribution in [0.4, 0.5) is 18.9 Å². The normalized spacial score (nSPS) is 17.8. The van der Waals surface area contributed by atoms with Crippen molar-refractivity contribution in [1.29, 1.82) is 0 Å². The fraction of sp³-hybridized carbons (Fsp3) is 0.400. The van der Waals surface area contributed by atoms with Crippen molar-refractivity contribution in [3.05, 3.63) is 50.7 Å². The monoisotopic (exact) mass is 404 g/mol. The highest BCUT2D eigenvalue weighted by atomic mass is 35.5. The van der Waals surface area contributed by atoms with Gasteiger partial charge in [0.15, 0.2) is 0 Å². The molecule has 1 aromatic heterocycles. The van der Waals surface area contributed by atoms with Crippen molar-refractivity contribution in [1.82, 2.24) is 15.1 Å². The van der Waals surface area contributed by atoms with Crippen LogP contribution < -0.4 is 0 Å². The minimum Gasteiger partial charge on any atom is -0.417 e. The molecular weight excluding hydrogens is 393 g/mol. The summed E-state index contributed by atoms with van der Waals surface area (Å²) in [5, 5.41) is 17.7. The first-order valence-corrected chi connectivity index (χ1v) is 8.18. The summed E-state index contributed by atoms with van der Waals surface area (Å²) in [6, 6.07) is 3.62. The van der Waals surface area contributed by atoms with E-state index < -0.39 is 34.5 Å². The van der Waals surface area contributed by atoms with Gasteiger partial charge in [-0.2, -0.15) is 13.2 Å². The molecule has 12 heteroatoms. The topological polar surface area (TPSA) is 102 Å². The molecule has 2 aromatic rings. The Morgan fingerprint density at radius 3 is 2.74 bits per heavy atom. The summed E-state index contributed by atoms with van der Waals surface area (Å²) >= 11 is 5.84. The third kappa shape index (κ3) is 4.02. The van der Waals surface area contributed by atoms with Crippen molar-refractivity contribution < 1.29 is 27.3 Å². The van der Waals surface area contributed by atoms with Gasteiger partial charge in [-0.15, -0.1) is 10.2 Å². The maximum atomic E-state index is 12.7. The molecule has 0 N–H and O–H groups in total. The van der Waals surface area contributed by atoms with Gasteiger partial charge in [0.25, 0.3) is 11.6 Å². The SMILES string of the molecule is O=C(c1cc(Cl)ccc1[N+](=O)[O-])N1CCCC(c2nnc(C(F)(F)F)o2)C1. The first-order valence-electron chi connectivity index (χ1n) is 7.80. The zero-order valence-corrected chi connectivity index (χ0v) is 14.3. The lowest BCUT2D eigenvalue weighted by molar-refractivity contribution is -0.385. The first kappa shape index (κ1) is 19.1. The summed E-state index contributed by atoms with van der Waals surface area (Å²) in [6.07, 6.45) is -3.84. The Kier molecular flexibility index (Phi) is 5.05. The average molecular weight is 405 g/mol. The Hall–Kier alpha value is -2.69. The molecule has 0 bridgehead atoms. The molecule has 1 amide bonds. The Morgan fingerprint density at radius 2 is 2.11 bits per heavy atom. The molecule has 1 atom stereocenters. The van der Waals surface area contributed by atoms with Crippen molar-refractivity contribution in [3.8, 4) is 0 Å². The Bertz CT molecular complexity index is 886. The highest BCUT2D eigenvalue weighted by Gasteiger charge is 2.39. The number of hydrogen-bond donors (Lipinski definition) is 0. The quantitative estimate of drug-likeness (QED) is 0.571. The molecular formula is C15H12ClF3N4O4. The van der Waals surface area contributed by atoms with E-state index in [9.17, 15) is 28.1 Å². The second-order valence-corrected chi connectivity index (χ2v) is 6.39. The lowest BCUT2D eigenvalue weighted by Crippen LogP contribution is -2.39. The molecule has 0 spiro atoms. The molecule has 1 aliphatic rings. The lowest BCUT2D eigenvalue weighted by Gasteiger charge is -2.31. The van der Waals surface area contributed by atoms with Crippen molar-refractivity contribution in [3.63, 3.8) is 0 Å². The maximum absolute atomic E-state index is 12.7. The molecule has 0 radical (unpaired) electrons. The number of carbonyl (C=O) groups is 1. The van der Waals surface area contributed by atoms with E-state index in [1.807, 2.05) is 0 Å². The van der Waals surface area contributed by atoms with Crippen LogP contribution in [-0.2, 0) is 6.18 Å². The van der Waals surface area contributed by atoms with E-state index in [0.29, 0.717) is 19.4 Å². The Balaban J connectivity index is 1.82. The number of alkyl halides is 3. The molecule has 144 valence electrons. The number of likely N-dealkylation sites (tertiary alicyclic amines) is 1. The van der Waals surface area contributed by atoms with Gasteiger partial charge in [0.1, 0.15) is 5.56 Å². The number of amides is 1. The summed E-state index contributed by atoms with van der Waals surface area (Å²) in [5.74, 6) is -2.90. The third-order valence-electron chi connectivity index (χ3n) is 4.13. The van der Waals surface area contributed by atoms with E-state index in [1.165, 1.54) is 17.0 Å². The number of carbonyl (C=O) groups excluding carboxylic acids is 1. The minimum atomic E-state index is -4.75. The molecule has 1 fully saturated rings. The van der Waals surface area contributed by atoms with E-state index in [2.05, 4.69) is 14.6 Å². The summed E-state index contributed by atoms with van der Waals surface area (Å²) in [7, 11) is 0. The van der Waals surface area contributed by atoms with E-state index in [0.717, 1.165) is 6.07 Å². The number of nitrogens with zero attached hydrogens (tertiary/aromatic N) is 4. The smallest absolute Gasteiger partial charge is 0.417 e. The number of benzene rings is 1. The highest BCUT2D eigenvalue weighted by Crippen LogP contribution is 2.33. The molecule has 1 aromatic carbocycles. The zero-order chi connectivity index (χ0) is 19.8. The summed E-state index contributed by atoms with van der Waals surface area (Å²) in [5.41, 5.74) is -0.585. The van der Waals surface area contributed by atoms with Crippen LogP contribution in [0.15, 0.2) is 22.6 Å². The average Bonchev–Trinajstić information content (AvgIpc) is 3.11. The molecule has 0 aliphatic carbocycles. The molecule has 27 heavy (non-hydrogen) atoms. The number of piperidine rings is 1.